The number of anilines is 1. The lowest BCUT2D eigenvalue weighted by molar-refractivity contribution is 0.0376. The summed E-state index contributed by atoms with van der Waals surface area (Å²) in [5.74, 6) is 0.640. The molecule has 0 atom stereocenters. The Kier molecular flexibility index (Phi) is 8.25. The average Bonchev–Trinajstić information content (AvgIpc) is 3.43. The van der Waals surface area contributed by atoms with Crippen LogP contribution in [0.4, 0.5) is 5.13 Å². The van der Waals surface area contributed by atoms with E-state index in [9.17, 15) is 4.79 Å². The molecule has 1 aliphatic heterocycles. The van der Waals surface area contributed by atoms with Gasteiger partial charge in [-0.05, 0) is 31.5 Å². The number of fused-ring (bicyclic) bond motifs is 1. The molecule has 168 valence electrons. The van der Waals surface area contributed by atoms with Gasteiger partial charge >= 0.3 is 0 Å². The number of nitrogens with zero attached hydrogens (tertiary/aromatic N) is 5. The number of hydrogen-bond donors (Lipinski definition) is 0. The van der Waals surface area contributed by atoms with Crippen LogP contribution in [0.2, 0.25) is 0 Å². The van der Waals surface area contributed by atoms with Crippen LogP contribution in [0.1, 0.15) is 23.8 Å². The van der Waals surface area contributed by atoms with Gasteiger partial charge in [0.2, 0.25) is 0 Å². The Morgan fingerprint density at radius 2 is 2.10 bits per heavy atom. The summed E-state index contributed by atoms with van der Waals surface area (Å²) in [6, 6.07) is 7.57. The number of carbonyl (C=O) groups excluding carboxylic acids is 1. The smallest absolute Gasteiger partial charge is 0.280 e. The number of ether oxygens (including phenoxy) is 2. The quantitative estimate of drug-likeness (QED) is 0.508. The van der Waals surface area contributed by atoms with Gasteiger partial charge < -0.3 is 9.47 Å². The summed E-state index contributed by atoms with van der Waals surface area (Å²) in [5.41, 5.74) is 1.28. The lowest BCUT2D eigenvalue weighted by Gasteiger charge is -2.27. The standard InChI is InChI=1S/C21H27N5O3S.ClH/c1-3-25-10-7-17(23-25)20(27)26(9-4-8-24-11-13-29-14-12-24)21-22-18-15-16(28-2)5-6-19(18)30-21;/h5-7,10,15H,3-4,8-9,11-14H2,1-2H3;1H. The molecule has 0 aliphatic carbocycles. The number of carbonyl (C=O) groups is 1. The van der Waals surface area contributed by atoms with E-state index in [1.807, 2.05) is 31.3 Å². The maximum atomic E-state index is 13.3. The fourth-order valence-corrected chi connectivity index (χ4v) is 4.46. The highest BCUT2D eigenvalue weighted by atomic mass is 35.5. The number of hydrogen-bond acceptors (Lipinski definition) is 7. The molecule has 1 fully saturated rings. The van der Waals surface area contributed by atoms with E-state index in [-0.39, 0.29) is 18.3 Å². The zero-order valence-corrected chi connectivity index (χ0v) is 19.5. The molecule has 0 radical (unpaired) electrons. The van der Waals surface area contributed by atoms with Gasteiger partial charge in [-0.1, -0.05) is 11.3 Å². The van der Waals surface area contributed by atoms with Crippen molar-refractivity contribution in [2.45, 2.75) is 19.9 Å². The number of amides is 1. The zero-order valence-electron chi connectivity index (χ0n) is 17.8. The topological polar surface area (TPSA) is 72.7 Å². The van der Waals surface area contributed by atoms with Gasteiger partial charge in [-0.25, -0.2) is 4.98 Å². The molecule has 10 heteroatoms. The van der Waals surface area contributed by atoms with E-state index in [4.69, 9.17) is 14.5 Å². The molecule has 3 aromatic rings. The highest BCUT2D eigenvalue weighted by Crippen LogP contribution is 2.32. The molecule has 0 saturated carbocycles. The second-order valence-electron chi connectivity index (χ2n) is 7.15. The first-order valence-corrected chi connectivity index (χ1v) is 11.1. The number of aryl methyl sites for hydroxylation is 1. The number of thiazole rings is 1. The van der Waals surface area contributed by atoms with Crippen LogP contribution in [-0.2, 0) is 11.3 Å². The second kappa shape index (κ2) is 10.9. The van der Waals surface area contributed by atoms with E-state index in [2.05, 4.69) is 10.00 Å². The van der Waals surface area contributed by atoms with Gasteiger partial charge in [0.1, 0.15) is 5.75 Å². The average molecular weight is 466 g/mol. The number of morpholine rings is 1. The van der Waals surface area contributed by atoms with E-state index in [1.165, 1.54) is 11.3 Å². The van der Waals surface area contributed by atoms with Crippen LogP contribution < -0.4 is 9.64 Å². The fourth-order valence-electron chi connectivity index (χ4n) is 3.49. The normalized spacial score (nSPS) is 14.4. The molecular weight excluding hydrogens is 438 g/mol. The van der Waals surface area contributed by atoms with Crippen molar-refractivity contribution in [2.24, 2.45) is 0 Å². The Balaban J connectivity index is 0.00000272. The van der Waals surface area contributed by atoms with Gasteiger partial charge in [-0.2, -0.15) is 5.10 Å². The van der Waals surface area contributed by atoms with Gasteiger partial charge in [0, 0.05) is 45.0 Å². The molecule has 0 N–H and O–H groups in total. The third-order valence-corrected chi connectivity index (χ3v) is 6.26. The maximum Gasteiger partial charge on any atom is 0.280 e. The second-order valence-corrected chi connectivity index (χ2v) is 8.16. The monoisotopic (exact) mass is 465 g/mol. The minimum atomic E-state index is -0.116. The number of halogens is 1. The highest BCUT2D eigenvalue weighted by Gasteiger charge is 2.23. The molecule has 1 aliphatic rings. The van der Waals surface area contributed by atoms with Crippen LogP contribution in [0.3, 0.4) is 0 Å². The Morgan fingerprint density at radius 1 is 1.29 bits per heavy atom. The van der Waals surface area contributed by atoms with E-state index in [0.29, 0.717) is 17.4 Å². The molecule has 2 aromatic heterocycles. The Labute approximate surface area is 192 Å². The number of aromatic nitrogens is 3. The van der Waals surface area contributed by atoms with E-state index < -0.39 is 0 Å². The van der Waals surface area contributed by atoms with Crippen LogP contribution >= 0.6 is 23.7 Å². The number of benzene rings is 1. The minimum absolute atomic E-state index is 0. The minimum Gasteiger partial charge on any atom is -0.497 e. The summed E-state index contributed by atoms with van der Waals surface area (Å²) in [6.45, 7) is 7.67. The molecule has 31 heavy (non-hydrogen) atoms. The molecule has 0 unspecified atom stereocenters. The summed E-state index contributed by atoms with van der Waals surface area (Å²) in [4.78, 5) is 22.2. The summed E-state index contributed by atoms with van der Waals surface area (Å²) in [6.07, 6.45) is 2.70. The SMILES string of the molecule is CCn1ccc(C(=O)N(CCCN2CCOCC2)c2nc3cc(OC)ccc3s2)n1.Cl. The fraction of sp³-hybridized carbons (Fsp3) is 0.476. The third kappa shape index (κ3) is 5.54. The van der Waals surface area contributed by atoms with Gasteiger partial charge in [0.25, 0.3) is 5.91 Å². The molecular formula is C21H28ClN5O3S. The predicted molar refractivity (Wildman–Crippen MR) is 125 cm³/mol. The summed E-state index contributed by atoms with van der Waals surface area (Å²) in [7, 11) is 1.64. The van der Waals surface area contributed by atoms with Crippen molar-refractivity contribution in [3.63, 3.8) is 0 Å². The first-order chi connectivity index (χ1) is 14.7. The van der Waals surface area contributed by atoms with Crippen molar-refractivity contribution >= 4 is 45.0 Å². The summed E-state index contributed by atoms with van der Waals surface area (Å²) >= 11 is 1.52. The molecule has 4 rings (SSSR count). The molecule has 3 heterocycles. The Bertz CT molecular complexity index is 1000. The van der Waals surface area contributed by atoms with Crippen LogP contribution in [0.25, 0.3) is 10.2 Å². The third-order valence-electron chi connectivity index (χ3n) is 5.20. The van der Waals surface area contributed by atoms with E-state index >= 15 is 0 Å². The van der Waals surface area contributed by atoms with Crippen LogP contribution in [0.15, 0.2) is 30.5 Å². The lowest BCUT2D eigenvalue weighted by Crippen LogP contribution is -2.39. The number of methoxy groups -OCH3 is 1. The van der Waals surface area contributed by atoms with Crippen LogP contribution in [-0.4, -0.2) is 72.1 Å². The summed E-state index contributed by atoms with van der Waals surface area (Å²) < 4.78 is 13.5. The summed E-state index contributed by atoms with van der Waals surface area (Å²) in [5, 5.41) is 5.10. The zero-order chi connectivity index (χ0) is 20.9. The van der Waals surface area contributed by atoms with Crippen molar-refractivity contribution in [3.05, 3.63) is 36.2 Å². The van der Waals surface area contributed by atoms with Crippen molar-refractivity contribution in [2.75, 3.05) is 51.4 Å². The van der Waals surface area contributed by atoms with Gasteiger partial charge in [-0.3, -0.25) is 19.3 Å². The van der Waals surface area contributed by atoms with Crippen molar-refractivity contribution < 1.29 is 14.3 Å². The predicted octanol–water partition coefficient (Wildman–Crippen LogP) is 3.31. The molecule has 0 bridgehead atoms. The highest BCUT2D eigenvalue weighted by molar-refractivity contribution is 7.22. The Morgan fingerprint density at radius 3 is 2.81 bits per heavy atom. The van der Waals surface area contributed by atoms with Gasteiger partial charge in [0.05, 0.1) is 30.5 Å². The van der Waals surface area contributed by atoms with Crippen molar-refractivity contribution in [3.8, 4) is 5.75 Å². The maximum absolute atomic E-state index is 13.3. The molecule has 1 aromatic carbocycles. The van der Waals surface area contributed by atoms with Crippen LogP contribution in [0, 0.1) is 0 Å². The molecule has 8 nitrogen and oxygen atoms in total. The van der Waals surface area contributed by atoms with Gasteiger partial charge in [0.15, 0.2) is 10.8 Å². The Hall–Kier alpha value is -2.20. The lowest BCUT2D eigenvalue weighted by atomic mass is 10.3. The largest absolute Gasteiger partial charge is 0.497 e. The molecule has 1 saturated heterocycles. The van der Waals surface area contributed by atoms with E-state index in [0.717, 1.165) is 61.8 Å². The van der Waals surface area contributed by atoms with E-state index in [1.54, 1.807) is 22.8 Å². The van der Waals surface area contributed by atoms with Crippen molar-refractivity contribution in [1.82, 2.24) is 19.7 Å². The molecule has 0 spiro atoms. The first-order valence-electron chi connectivity index (χ1n) is 10.3. The first kappa shape index (κ1) is 23.5. The van der Waals surface area contributed by atoms with Crippen LogP contribution in [0.5, 0.6) is 5.75 Å². The molecule has 1 amide bonds. The number of rotatable bonds is 8. The van der Waals surface area contributed by atoms with Gasteiger partial charge in [-0.15, -0.1) is 12.4 Å². The van der Waals surface area contributed by atoms with Crippen molar-refractivity contribution in [1.29, 1.82) is 0 Å².